The Morgan fingerprint density at radius 3 is 2.38 bits per heavy atom. The van der Waals surface area contributed by atoms with Crippen LogP contribution in [0.25, 0.3) is 6.08 Å². The fourth-order valence-electron chi connectivity index (χ4n) is 2.48. The number of hydrogen-bond donors (Lipinski definition) is 1. The molecule has 7 heteroatoms. The fraction of sp³-hybridized carbons (Fsp3) is 0.158. The zero-order valence-electron chi connectivity index (χ0n) is 14.1. The van der Waals surface area contributed by atoms with Gasteiger partial charge in [-0.05, 0) is 61.9 Å². The van der Waals surface area contributed by atoms with E-state index in [4.69, 9.17) is 27.9 Å². The Kier molecular flexibility index (Phi) is 5.20. The zero-order chi connectivity index (χ0) is 18.8. The van der Waals surface area contributed by atoms with Gasteiger partial charge in [0.15, 0.2) is 0 Å². The number of urea groups is 1. The first-order valence-corrected chi connectivity index (χ1v) is 8.69. The Hall–Kier alpha value is -2.50. The van der Waals surface area contributed by atoms with Gasteiger partial charge in [-0.3, -0.25) is 4.79 Å². The molecule has 1 saturated heterocycles. The van der Waals surface area contributed by atoms with Crippen LogP contribution in [0.3, 0.4) is 0 Å². The second kappa shape index (κ2) is 7.40. The van der Waals surface area contributed by atoms with Gasteiger partial charge in [0.2, 0.25) is 0 Å². The van der Waals surface area contributed by atoms with Crippen molar-refractivity contribution in [3.8, 4) is 5.75 Å². The van der Waals surface area contributed by atoms with Crippen LogP contribution in [0.2, 0.25) is 10.0 Å². The maximum Gasteiger partial charge on any atom is 0.333 e. The number of ether oxygens (including phenoxy) is 1. The number of halogens is 2. The number of imide groups is 1. The summed E-state index contributed by atoms with van der Waals surface area (Å²) in [5.41, 5.74) is 1.28. The van der Waals surface area contributed by atoms with Gasteiger partial charge in [-0.15, -0.1) is 0 Å². The second-order valence-corrected chi connectivity index (χ2v) is 6.81. The van der Waals surface area contributed by atoms with Crippen molar-refractivity contribution in [3.05, 3.63) is 63.8 Å². The van der Waals surface area contributed by atoms with Crippen molar-refractivity contribution >= 4 is 46.9 Å². The summed E-state index contributed by atoms with van der Waals surface area (Å²) in [6, 6.07) is 11.1. The van der Waals surface area contributed by atoms with Gasteiger partial charge in [0.25, 0.3) is 5.91 Å². The predicted octanol–water partition coefficient (Wildman–Crippen LogP) is 4.88. The van der Waals surface area contributed by atoms with Gasteiger partial charge in [0.05, 0.1) is 16.8 Å². The molecule has 3 amide bonds. The highest BCUT2D eigenvalue weighted by atomic mass is 35.5. The highest BCUT2D eigenvalue weighted by Crippen LogP contribution is 2.28. The van der Waals surface area contributed by atoms with E-state index in [-0.39, 0.29) is 11.8 Å². The van der Waals surface area contributed by atoms with Crippen molar-refractivity contribution in [2.24, 2.45) is 0 Å². The van der Waals surface area contributed by atoms with Crippen LogP contribution in [0.5, 0.6) is 5.75 Å². The molecule has 0 aliphatic carbocycles. The van der Waals surface area contributed by atoms with Gasteiger partial charge < -0.3 is 10.1 Å². The first-order chi connectivity index (χ1) is 12.3. The minimum absolute atomic E-state index is 0.000312. The van der Waals surface area contributed by atoms with Gasteiger partial charge in [0.1, 0.15) is 11.4 Å². The summed E-state index contributed by atoms with van der Waals surface area (Å²) in [5, 5.41) is 3.53. The monoisotopic (exact) mass is 390 g/mol. The van der Waals surface area contributed by atoms with Crippen molar-refractivity contribution < 1.29 is 14.3 Å². The molecule has 0 unspecified atom stereocenters. The summed E-state index contributed by atoms with van der Waals surface area (Å²) in [6.45, 7) is 3.81. The molecule has 1 fully saturated rings. The Morgan fingerprint density at radius 2 is 1.77 bits per heavy atom. The summed E-state index contributed by atoms with van der Waals surface area (Å²) < 4.78 is 5.58. The standard InChI is InChI=1S/C19H16Cl2N2O3/c1-11(2)26-17-8-3-12(9-15(17)21)10-16-18(24)23(19(25)22-16)14-6-4-13(20)5-7-14/h3-11H,1-2H3,(H,22,25)/b16-10+. The molecule has 26 heavy (non-hydrogen) atoms. The molecule has 0 bridgehead atoms. The Labute approximate surface area is 161 Å². The number of nitrogens with zero attached hydrogens (tertiary/aromatic N) is 1. The highest BCUT2D eigenvalue weighted by Gasteiger charge is 2.34. The quantitative estimate of drug-likeness (QED) is 0.597. The third-order valence-electron chi connectivity index (χ3n) is 3.59. The number of anilines is 1. The SMILES string of the molecule is CC(C)Oc1ccc(/C=C2/NC(=O)N(c3ccc(Cl)cc3)C2=O)cc1Cl. The fourth-order valence-corrected chi connectivity index (χ4v) is 2.84. The third kappa shape index (κ3) is 3.84. The lowest BCUT2D eigenvalue weighted by Crippen LogP contribution is -2.30. The summed E-state index contributed by atoms with van der Waals surface area (Å²) in [5.74, 6) is 0.115. The van der Waals surface area contributed by atoms with E-state index in [1.54, 1.807) is 48.5 Å². The van der Waals surface area contributed by atoms with Crippen LogP contribution in [0, 0.1) is 0 Å². The van der Waals surface area contributed by atoms with Crippen molar-refractivity contribution in [1.82, 2.24) is 5.32 Å². The number of benzene rings is 2. The van der Waals surface area contributed by atoms with Gasteiger partial charge >= 0.3 is 6.03 Å². The maximum absolute atomic E-state index is 12.6. The normalized spacial score (nSPS) is 15.7. The summed E-state index contributed by atoms with van der Waals surface area (Å²) in [6.07, 6.45) is 1.57. The van der Waals surface area contributed by atoms with Crippen molar-refractivity contribution in [3.63, 3.8) is 0 Å². The molecule has 5 nitrogen and oxygen atoms in total. The largest absolute Gasteiger partial charge is 0.489 e. The molecule has 0 radical (unpaired) electrons. The molecule has 134 valence electrons. The minimum Gasteiger partial charge on any atom is -0.489 e. The van der Waals surface area contributed by atoms with Crippen LogP contribution in [0.1, 0.15) is 19.4 Å². The lowest BCUT2D eigenvalue weighted by molar-refractivity contribution is -0.113. The molecule has 0 saturated carbocycles. The molecule has 0 aromatic heterocycles. The first-order valence-electron chi connectivity index (χ1n) is 7.94. The van der Waals surface area contributed by atoms with E-state index in [1.807, 2.05) is 13.8 Å². The first kappa shape index (κ1) is 18.3. The molecule has 1 aliphatic heterocycles. The molecule has 3 rings (SSSR count). The van der Waals surface area contributed by atoms with Gasteiger partial charge in [-0.2, -0.15) is 0 Å². The van der Waals surface area contributed by atoms with Crippen LogP contribution >= 0.6 is 23.2 Å². The molecule has 1 N–H and O–H groups in total. The number of carbonyl (C=O) groups excluding carboxylic acids is 2. The van der Waals surface area contributed by atoms with E-state index in [0.29, 0.717) is 27.0 Å². The van der Waals surface area contributed by atoms with Crippen LogP contribution in [0.4, 0.5) is 10.5 Å². The summed E-state index contributed by atoms with van der Waals surface area (Å²) in [4.78, 5) is 25.8. The predicted molar refractivity (Wildman–Crippen MR) is 103 cm³/mol. The molecular weight excluding hydrogens is 375 g/mol. The lowest BCUT2D eigenvalue weighted by Gasteiger charge is -2.12. The Bertz CT molecular complexity index is 892. The second-order valence-electron chi connectivity index (χ2n) is 5.96. The van der Waals surface area contributed by atoms with Crippen LogP contribution in [0.15, 0.2) is 48.2 Å². The van der Waals surface area contributed by atoms with E-state index in [9.17, 15) is 9.59 Å². The molecule has 0 spiro atoms. The van der Waals surface area contributed by atoms with Gasteiger partial charge in [0, 0.05) is 5.02 Å². The van der Waals surface area contributed by atoms with Crippen LogP contribution in [-0.4, -0.2) is 18.0 Å². The summed E-state index contributed by atoms with van der Waals surface area (Å²) >= 11 is 12.1. The van der Waals surface area contributed by atoms with E-state index in [0.717, 1.165) is 4.90 Å². The number of hydrogen-bond acceptors (Lipinski definition) is 3. The third-order valence-corrected chi connectivity index (χ3v) is 4.14. The zero-order valence-corrected chi connectivity index (χ0v) is 15.6. The van der Waals surface area contributed by atoms with E-state index < -0.39 is 11.9 Å². The molecule has 2 aromatic carbocycles. The van der Waals surface area contributed by atoms with Gasteiger partial charge in [-0.25, -0.2) is 9.69 Å². The molecule has 1 heterocycles. The Morgan fingerprint density at radius 1 is 1.08 bits per heavy atom. The lowest BCUT2D eigenvalue weighted by atomic mass is 10.1. The number of carbonyl (C=O) groups is 2. The highest BCUT2D eigenvalue weighted by molar-refractivity contribution is 6.32. The molecule has 1 aliphatic rings. The average molecular weight is 391 g/mol. The molecule has 0 atom stereocenters. The maximum atomic E-state index is 12.6. The van der Waals surface area contributed by atoms with Crippen LogP contribution in [-0.2, 0) is 4.79 Å². The Balaban J connectivity index is 1.86. The number of nitrogens with one attached hydrogen (secondary N) is 1. The number of rotatable bonds is 4. The average Bonchev–Trinajstić information content (AvgIpc) is 2.85. The van der Waals surface area contributed by atoms with Crippen LogP contribution < -0.4 is 15.0 Å². The molecule has 2 aromatic rings. The molecular formula is C19H16Cl2N2O3. The van der Waals surface area contributed by atoms with E-state index in [2.05, 4.69) is 5.32 Å². The summed E-state index contributed by atoms with van der Waals surface area (Å²) in [7, 11) is 0. The van der Waals surface area contributed by atoms with Gasteiger partial charge in [-0.1, -0.05) is 29.3 Å². The van der Waals surface area contributed by atoms with Crippen molar-refractivity contribution in [2.75, 3.05) is 4.90 Å². The topological polar surface area (TPSA) is 58.6 Å². The smallest absolute Gasteiger partial charge is 0.333 e. The van der Waals surface area contributed by atoms with Crippen molar-refractivity contribution in [2.45, 2.75) is 20.0 Å². The van der Waals surface area contributed by atoms with Crippen molar-refractivity contribution in [1.29, 1.82) is 0 Å². The van der Waals surface area contributed by atoms with E-state index >= 15 is 0 Å². The number of amides is 3. The van der Waals surface area contributed by atoms with E-state index in [1.165, 1.54) is 0 Å². The minimum atomic E-state index is -0.519.